The van der Waals surface area contributed by atoms with Crippen molar-refractivity contribution in [3.63, 3.8) is 0 Å². The van der Waals surface area contributed by atoms with Gasteiger partial charge in [0.15, 0.2) is 0 Å². The molecule has 0 bridgehead atoms. The van der Waals surface area contributed by atoms with Crippen LogP contribution < -0.4 is 4.74 Å². The second-order valence-corrected chi connectivity index (χ2v) is 8.24. The van der Waals surface area contributed by atoms with Crippen LogP contribution in [0.25, 0.3) is 6.08 Å². The summed E-state index contributed by atoms with van der Waals surface area (Å²) in [6, 6.07) is 1.45. The molecule has 2 aliphatic rings. The van der Waals surface area contributed by atoms with Crippen LogP contribution in [0.2, 0.25) is 0 Å². The fourth-order valence-corrected chi connectivity index (χ4v) is 3.62. The first-order chi connectivity index (χ1) is 13.8. The molecule has 0 saturated heterocycles. The van der Waals surface area contributed by atoms with Crippen molar-refractivity contribution in [1.82, 2.24) is 14.8 Å². The zero-order valence-corrected chi connectivity index (χ0v) is 17.7. The topological polar surface area (TPSA) is 83.0 Å². The molecule has 1 aliphatic heterocycles. The Morgan fingerprint density at radius 1 is 1.48 bits per heavy atom. The number of aliphatic hydroxyl groups excluding tert-OH is 1. The van der Waals surface area contributed by atoms with Crippen LogP contribution >= 0.6 is 0 Å². The number of fused-ring (bicyclic) bond motifs is 1. The number of pyridine rings is 1. The number of aliphatic hydroxyl groups is 1. The third-order valence-electron chi connectivity index (χ3n) is 5.66. The molecule has 29 heavy (non-hydrogen) atoms. The Bertz CT molecular complexity index is 790. The average Bonchev–Trinajstić information content (AvgIpc) is 3.55. The van der Waals surface area contributed by atoms with Gasteiger partial charge in [-0.25, -0.2) is 4.98 Å². The van der Waals surface area contributed by atoms with E-state index in [-0.39, 0.29) is 48.3 Å². The summed E-state index contributed by atoms with van der Waals surface area (Å²) < 4.78 is 6.20. The first-order valence-electron chi connectivity index (χ1n) is 10.3. The Morgan fingerprint density at radius 3 is 2.83 bits per heavy atom. The van der Waals surface area contributed by atoms with Crippen LogP contribution in [0, 0.1) is 11.8 Å². The van der Waals surface area contributed by atoms with Crippen LogP contribution in [0.4, 0.5) is 0 Å². The minimum Gasteiger partial charge on any atom is -0.472 e. The van der Waals surface area contributed by atoms with Crippen molar-refractivity contribution in [2.75, 3.05) is 26.7 Å². The lowest BCUT2D eigenvalue weighted by atomic mass is 9.99. The maximum absolute atomic E-state index is 13.2. The lowest BCUT2D eigenvalue weighted by molar-refractivity contribution is -0.132. The molecule has 1 aliphatic carbocycles. The summed E-state index contributed by atoms with van der Waals surface area (Å²) in [5.74, 6) is 0.337. The van der Waals surface area contributed by atoms with Gasteiger partial charge in [-0.05, 0) is 38.3 Å². The molecular weight excluding hydrogens is 370 g/mol. The average molecular weight is 402 g/mol. The number of aromatic nitrogens is 1. The fourth-order valence-electron chi connectivity index (χ4n) is 3.62. The number of ether oxygens (including phenoxy) is 1. The third-order valence-corrected chi connectivity index (χ3v) is 5.66. The van der Waals surface area contributed by atoms with Gasteiger partial charge in [-0.15, -0.1) is 0 Å². The van der Waals surface area contributed by atoms with Crippen LogP contribution in [0.1, 0.15) is 49.5 Å². The number of rotatable bonds is 6. The molecule has 158 valence electrons. The SMILES string of the molecule is C/C=C/c1cnc2c(c1)C(=O)N([C@@H](C)CO)C[C@@H](C)[C@@H](CN(C)C(=O)C1CC1)O2. The third kappa shape index (κ3) is 4.78. The minimum absolute atomic E-state index is 0.0347. The van der Waals surface area contributed by atoms with E-state index < -0.39 is 0 Å². The van der Waals surface area contributed by atoms with E-state index in [1.165, 1.54) is 0 Å². The predicted molar refractivity (Wildman–Crippen MR) is 110 cm³/mol. The summed E-state index contributed by atoms with van der Waals surface area (Å²) in [5.41, 5.74) is 1.19. The monoisotopic (exact) mass is 401 g/mol. The first kappa shape index (κ1) is 21.3. The number of nitrogens with zero attached hydrogens (tertiary/aromatic N) is 3. The second kappa shape index (κ2) is 8.95. The van der Waals surface area contributed by atoms with Crippen LogP contribution in [0.15, 0.2) is 18.3 Å². The van der Waals surface area contributed by atoms with E-state index in [9.17, 15) is 14.7 Å². The highest BCUT2D eigenvalue weighted by molar-refractivity contribution is 5.97. The molecule has 0 radical (unpaired) electrons. The number of hydrogen-bond acceptors (Lipinski definition) is 5. The zero-order valence-electron chi connectivity index (χ0n) is 17.7. The lowest BCUT2D eigenvalue weighted by Crippen LogP contribution is -2.50. The molecule has 0 unspecified atom stereocenters. The normalized spacial score (nSPS) is 23.2. The van der Waals surface area contributed by atoms with Crippen molar-refractivity contribution in [3.8, 4) is 5.88 Å². The highest BCUT2D eigenvalue weighted by Gasteiger charge is 2.37. The Hall–Kier alpha value is -2.41. The van der Waals surface area contributed by atoms with Gasteiger partial charge in [0.05, 0.1) is 19.2 Å². The molecular formula is C22H31N3O4. The summed E-state index contributed by atoms with van der Waals surface area (Å²) in [4.78, 5) is 33.5. The number of hydrogen-bond donors (Lipinski definition) is 1. The van der Waals surface area contributed by atoms with Crippen molar-refractivity contribution in [2.45, 2.75) is 45.8 Å². The van der Waals surface area contributed by atoms with Crippen LogP contribution in [-0.4, -0.2) is 70.6 Å². The van der Waals surface area contributed by atoms with Gasteiger partial charge in [0.1, 0.15) is 11.7 Å². The van der Waals surface area contributed by atoms with Gasteiger partial charge in [-0.3, -0.25) is 9.59 Å². The Labute approximate surface area is 172 Å². The Balaban J connectivity index is 1.93. The molecule has 1 N–H and O–H groups in total. The first-order valence-corrected chi connectivity index (χ1v) is 10.3. The summed E-state index contributed by atoms with van der Waals surface area (Å²) in [6.07, 6.45) is 7.05. The number of allylic oxidation sites excluding steroid dienone is 1. The standard InChI is InChI=1S/C22H31N3O4/c1-5-6-16-9-18-20(23-10-16)29-19(12-24(4)21(27)17-7-8-17)14(2)11-25(22(18)28)15(3)13-26/h5-6,9-10,14-15,17,19,26H,7-8,11-13H2,1-4H3/b6-5+/t14-,15+,19-/m1/s1. The molecule has 2 amide bonds. The highest BCUT2D eigenvalue weighted by atomic mass is 16.5. The van der Waals surface area contributed by atoms with Crippen LogP contribution in [0.5, 0.6) is 5.88 Å². The van der Waals surface area contributed by atoms with E-state index in [4.69, 9.17) is 4.74 Å². The maximum Gasteiger partial charge on any atom is 0.259 e. The molecule has 2 heterocycles. The molecule has 1 aromatic rings. The molecule has 1 aromatic heterocycles. The van der Waals surface area contributed by atoms with Gasteiger partial charge >= 0.3 is 0 Å². The molecule has 0 aromatic carbocycles. The molecule has 7 heteroatoms. The van der Waals surface area contributed by atoms with Crippen molar-refractivity contribution in [2.24, 2.45) is 11.8 Å². The number of carbonyl (C=O) groups excluding carboxylic acids is 2. The van der Waals surface area contributed by atoms with Crippen molar-refractivity contribution < 1.29 is 19.4 Å². The molecule has 3 rings (SSSR count). The summed E-state index contributed by atoms with van der Waals surface area (Å²) in [5, 5.41) is 9.69. The lowest BCUT2D eigenvalue weighted by Gasteiger charge is -2.37. The van der Waals surface area contributed by atoms with Crippen LogP contribution in [-0.2, 0) is 4.79 Å². The van der Waals surface area contributed by atoms with E-state index in [0.717, 1.165) is 18.4 Å². The highest BCUT2D eigenvalue weighted by Crippen LogP contribution is 2.32. The van der Waals surface area contributed by atoms with Crippen molar-refractivity contribution in [3.05, 3.63) is 29.5 Å². The van der Waals surface area contributed by atoms with Crippen molar-refractivity contribution in [1.29, 1.82) is 0 Å². The number of carbonyl (C=O) groups is 2. The molecule has 3 atom stereocenters. The van der Waals surface area contributed by atoms with E-state index in [0.29, 0.717) is 18.7 Å². The summed E-state index contributed by atoms with van der Waals surface area (Å²) >= 11 is 0. The van der Waals surface area contributed by atoms with E-state index >= 15 is 0 Å². The van der Waals surface area contributed by atoms with Crippen molar-refractivity contribution >= 4 is 17.9 Å². The van der Waals surface area contributed by atoms with E-state index in [2.05, 4.69) is 4.98 Å². The number of amides is 2. The smallest absolute Gasteiger partial charge is 0.259 e. The zero-order chi connectivity index (χ0) is 21.1. The van der Waals surface area contributed by atoms with Gasteiger partial charge < -0.3 is 19.6 Å². The van der Waals surface area contributed by atoms with E-state index in [1.54, 1.807) is 29.1 Å². The molecule has 1 saturated carbocycles. The van der Waals surface area contributed by atoms with Gasteiger partial charge in [-0.1, -0.05) is 19.1 Å². The Morgan fingerprint density at radius 2 is 2.21 bits per heavy atom. The summed E-state index contributed by atoms with van der Waals surface area (Å²) in [6.45, 7) is 6.48. The summed E-state index contributed by atoms with van der Waals surface area (Å²) in [7, 11) is 1.80. The quantitative estimate of drug-likeness (QED) is 0.790. The fraction of sp³-hybridized carbons (Fsp3) is 0.591. The maximum atomic E-state index is 13.2. The second-order valence-electron chi connectivity index (χ2n) is 8.24. The van der Waals surface area contributed by atoms with Gasteiger partial charge in [0, 0.05) is 31.6 Å². The van der Waals surface area contributed by atoms with Crippen LogP contribution in [0.3, 0.4) is 0 Å². The largest absolute Gasteiger partial charge is 0.472 e. The minimum atomic E-state index is -0.326. The van der Waals surface area contributed by atoms with Gasteiger partial charge in [0.25, 0.3) is 5.91 Å². The van der Waals surface area contributed by atoms with Gasteiger partial charge in [0.2, 0.25) is 11.8 Å². The number of likely N-dealkylation sites (N-methyl/N-ethyl adjacent to an activating group) is 1. The predicted octanol–water partition coefficient (Wildman–Crippen LogP) is 2.20. The van der Waals surface area contributed by atoms with Gasteiger partial charge in [-0.2, -0.15) is 0 Å². The Kier molecular flexibility index (Phi) is 6.57. The molecule has 0 spiro atoms. The molecule has 7 nitrogen and oxygen atoms in total. The molecule has 1 fully saturated rings. The van der Waals surface area contributed by atoms with E-state index in [1.807, 2.05) is 32.9 Å².